The molecule has 0 spiro atoms. The smallest absolute Gasteiger partial charge is 0.255 e. The largest absolute Gasteiger partial charge is 0.497 e. The van der Waals surface area contributed by atoms with E-state index < -0.39 is 0 Å². The van der Waals surface area contributed by atoms with Crippen molar-refractivity contribution in [2.75, 3.05) is 40.5 Å². The van der Waals surface area contributed by atoms with Gasteiger partial charge in [-0.3, -0.25) is 4.79 Å². The molecular weight excluding hydrogens is 368 g/mol. The van der Waals surface area contributed by atoms with Crippen LogP contribution >= 0.6 is 0 Å². The Morgan fingerprint density at radius 1 is 1.28 bits per heavy atom. The molecule has 1 aliphatic heterocycles. The Morgan fingerprint density at radius 3 is 2.62 bits per heavy atom. The molecule has 1 amide bonds. The summed E-state index contributed by atoms with van der Waals surface area (Å²) in [5, 5.41) is 2.87. The molecule has 0 bridgehead atoms. The maximum atomic E-state index is 12.6. The Hall–Kier alpha value is -1.79. The fourth-order valence-electron chi connectivity index (χ4n) is 4.15. The first-order valence-electron chi connectivity index (χ1n) is 10.8. The van der Waals surface area contributed by atoms with Crippen LogP contribution < -0.4 is 14.8 Å². The lowest BCUT2D eigenvalue weighted by Crippen LogP contribution is -2.43. The number of benzene rings is 1. The van der Waals surface area contributed by atoms with Crippen molar-refractivity contribution in [2.24, 2.45) is 5.41 Å². The lowest BCUT2D eigenvalue weighted by Gasteiger charge is -2.37. The second kappa shape index (κ2) is 9.81. The van der Waals surface area contributed by atoms with Crippen molar-refractivity contribution in [3.63, 3.8) is 0 Å². The Bertz CT molecular complexity index is 681. The molecule has 2 fully saturated rings. The highest BCUT2D eigenvalue weighted by molar-refractivity contribution is 5.97. The highest BCUT2D eigenvalue weighted by Crippen LogP contribution is 2.49. The number of carbonyl (C=O) groups is 1. The number of hydrogen-bond acceptors (Lipinski definition) is 5. The molecule has 1 aromatic carbocycles. The lowest BCUT2D eigenvalue weighted by atomic mass is 9.97. The van der Waals surface area contributed by atoms with E-state index in [1.54, 1.807) is 26.4 Å². The second-order valence-electron chi connectivity index (χ2n) is 8.83. The Kier molecular flexibility index (Phi) is 7.41. The van der Waals surface area contributed by atoms with Crippen molar-refractivity contribution in [3.05, 3.63) is 23.8 Å². The van der Waals surface area contributed by atoms with Crippen molar-refractivity contribution < 1.29 is 19.0 Å². The van der Waals surface area contributed by atoms with Crippen LogP contribution in [-0.2, 0) is 4.74 Å². The Labute approximate surface area is 174 Å². The van der Waals surface area contributed by atoms with E-state index >= 15 is 0 Å². The third-order valence-electron chi connectivity index (χ3n) is 6.31. The van der Waals surface area contributed by atoms with Crippen LogP contribution in [0.5, 0.6) is 11.5 Å². The molecular formula is C23H36N2O4. The Balaban J connectivity index is 1.58. The summed E-state index contributed by atoms with van der Waals surface area (Å²) in [6.07, 6.45) is 6.11. The molecule has 29 heavy (non-hydrogen) atoms. The summed E-state index contributed by atoms with van der Waals surface area (Å²) in [7, 11) is 3.24. The zero-order valence-electron chi connectivity index (χ0n) is 18.3. The number of ether oxygens (including phenoxy) is 3. The molecule has 162 valence electrons. The van der Waals surface area contributed by atoms with Crippen LogP contribution in [0.15, 0.2) is 18.2 Å². The van der Waals surface area contributed by atoms with E-state index in [1.807, 2.05) is 6.07 Å². The van der Waals surface area contributed by atoms with E-state index in [0.717, 1.165) is 25.9 Å². The van der Waals surface area contributed by atoms with E-state index in [9.17, 15) is 4.79 Å². The van der Waals surface area contributed by atoms with Gasteiger partial charge in [-0.05, 0) is 56.6 Å². The number of nitrogens with one attached hydrogen (secondary N) is 1. The van der Waals surface area contributed by atoms with Gasteiger partial charge in [0.1, 0.15) is 17.6 Å². The lowest BCUT2D eigenvalue weighted by molar-refractivity contribution is 0.0704. The molecule has 6 heteroatoms. The van der Waals surface area contributed by atoms with Gasteiger partial charge in [0.05, 0.1) is 19.3 Å². The molecule has 2 aliphatic rings. The molecule has 1 heterocycles. The highest BCUT2D eigenvalue weighted by atomic mass is 16.5. The van der Waals surface area contributed by atoms with Crippen LogP contribution in [0.3, 0.4) is 0 Å². The standard InChI is InChI=1S/C23H36N2O4/c1-17(16-23(2)9-10-23)25-12-7-18(8-13-25)29-21-15-19(28-4)5-6-20(21)22(26)24-11-14-27-3/h5-6,15,17-18H,7-14,16H2,1-4H3,(H,24,26)/t17-/m1/s1. The molecule has 1 saturated heterocycles. The summed E-state index contributed by atoms with van der Waals surface area (Å²) in [5.74, 6) is 1.14. The average Bonchev–Trinajstić information content (AvgIpc) is 3.45. The van der Waals surface area contributed by atoms with Crippen molar-refractivity contribution in [1.29, 1.82) is 0 Å². The quantitative estimate of drug-likeness (QED) is 0.605. The number of amides is 1. The van der Waals surface area contributed by atoms with Gasteiger partial charge in [-0.1, -0.05) is 6.92 Å². The number of rotatable bonds is 10. The van der Waals surface area contributed by atoms with Gasteiger partial charge in [0.25, 0.3) is 5.91 Å². The fraction of sp³-hybridized carbons (Fsp3) is 0.696. The summed E-state index contributed by atoms with van der Waals surface area (Å²) in [5.41, 5.74) is 1.12. The fourth-order valence-corrected chi connectivity index (χ4v) is 4.15. The third kappa shape index (κ3) is 6.09. The minimum Gasteiger partial charge on any atom is -0.497 e. The molecule has 0 unspecified atom stereocenters. The molecule has 1 saturated carbocycles. The number of methoxy groups -OCH3 is 2. The van der Waals surface area contributed by atoms with Gasteiger partial charge >= 0.3 is 0 Å². The summed E-state index contributed by atoms with van der Waals surface area (Å²) in [6, 6.07) is 6.00. The highest BCUT2D eigenvalue weighted by Gasteiger charge is 2.39. The van der Waals surface area contributed by atoms with E-state index in [4.69, 9.17) is 14.2 Å². The minimum absolute atomic E-state index is 0.118. The maximum Gasteiger partial charge on any atom is 0.255 e. The third-order valence-corrected chi connectivity index (χ3v) is 6.31. The first kappa shape index (κ1) is 21.9. The molecule has 1 aliphatic carbocycles. The van der Waals surface area contributed by atoms with E-state index in [0.29, 0.717) is 41.7 Å². The summed E-state index contributed by atoms with van der Waals surface area (Å²) >= 11 is 0. The van der Waals surface area contributed by atoms with Gasteiger partial charge in [-0.25, -0.2) is 0 Å². The van der Waals surface area contributed by atoms with Gasteiger partial charge < -0.3 is 24.4 Å². The van der Waals surface area contributed by atoms with Crippen molar-refractivity contribution in [1.82, 2.24) is 10.2 Å². The summed E-state index contributed by atoms with van der Waals surface area (Å²) in [4.78, 5) is 15.2. The molecule has 1 N–H and O–H groups in total. The Morgan fingerprint density at radius 2 is 2.00 bits per heavy atom. The average molecular weight is 405 g/mol. The van der Waals surface area contributed by atoms with Crippen LogP contribution in [0, 0.1) is 5.41 Å². The molecule has 3 rings (SSSR count). The van der Waals surface area contributed by atoms with Crippen molar-refractivity contribution in [2.45, 2.75) is 58.1 Å². The second-order valence-corrected chi connectivity index (χ2v) is 8.83. The number of carbonyl (C=O) groups excluding carboxylic acids is 1. The summed E-state index contributed by atoms with van der Waals surface area (Å²) < 4.78 is 16.6. The van der Waals surface area contributed by atoms with Gasteiger partial charge in [0, 0.05) is 38.9 Å². The molecule has 1 aromatic rings. The van der Waals surface area contributed by atoms with Crippen LogP contribution in [0.2, 0.25) is 0 Å². The number of hydrogen-bond donors (Lipinski definition) is 1. The summed E-state index contributed by atoms with van der Waals surface area (Å²) in [6.45, 7) is 7.79. The molecule has 6 nitrogen and oxygen atoms in total. The number of piperidine rings is 1. The zero-order chi connectivity index (χ0) is 20.9. The van der Waals surface area contributed by atoms with Gasteiger partial charge in [0.15, 0.2) is 0 Å². The van der Waals surface area contributed by atoms with Crippen LogP contribution in [0.1, 0.15) is 56.3 Å². The molecule has 0 radical (unpaired) electrons. The van der Waals surface area contributed by atoms with Gasteiger partial charge in [0.2, 0.25) is 0 Å². The molecule has 1 atom stereocenters. The number of likely N-dealkylation sites (tertiary alicyclic amines) is 1. The van der Waals surface area contributed by atoms with Crippen molar-refractivity contribution in [3.8, 4) is 11.5 Å². The van der Waals surface area contributed by atoms with Gasteiger partial charge in [-0.15, -0.1) is 0 Å². The monoisotopic (exact) mass is 404 g/mol. The molecule has 0 aromatic heterocycles. The minimum atomic E-state index is -0.150. The van der Waals surface area contributed by atoms with Crippen LogP contribution in [0.25, 0.3) is 0 Å². The zero-order valence-corrected chi connectivity index (χ0v) is 18.3. The van der Waals surface area contributed by atoms with Crippen LogP contribution in [-0.4, -0.2) is 63.4 Å². The van der Waals surface area contributed by atoms with Crippen LogP contribution in [0.4, 0.5) is 0 Å². The predicted octanol–water partition coefficient (Wildman–Crippen LogP) is 3.49. The topological polar surface area (TPSA) is 60.0 Å². The van der Waals surface area contributed by atoms with Gasteiger partial charge in [-0.2, -0.15) is 0 Å². The SMILES string of the molecule is COCCNC(=O)c1ccc(OC)cc1OC1CCN([C@H](C)CC2(C)CC2)CC1. The van der Waals surface area contributed by atoms with Crippen molar-refractivity contribution >= 4 is 5.91 Å². The first-order valence-corrected chi connectivity index (χ1v) is 10.8. The van der Waals surface area contributed by atoms with E-state index in [1.165, 1.54) is 19.3 Å². The number of nitrogens with zero attached hydrogens (tertiary/aromatic N) is 1. The first-order chi connectivity index (χ1) is 13.9. The maximum absolute atomic E-state index is 12.6. The van der Waals surface area contributed by atoms with E-state index in [-0.39, 0.29) is 12.0 Å². The normalized spacial score (nSPS) is 20.1. The van der Waals surface area contributed by atoms with E-state index in [2.05, 4.69) is 24.1 Å². The predicted molar refractivity (Wildman–Crippen MR) is 114 cm³/mol.